The summed E-state index contributed by atoms with van der Waals surface area (Å²) in [5.41, 5.74) is 4.51. The van der Waals surface area contributed by atoms with Crippen LogP contribution in [0.2, 0.25) is 0 Å². The molecule has 0 aliphatic rings. The molecular formula is C20H25N5O2. The standard InChI is InChI=1S/C20H25N5O2/c1-13(2)12-27-20(26)24-17-7-5-6-16(9-17)21-10-18-11-25-15(4)8-14(3)22-19(25)23-18/h5-9,11,13,21H,10,12H2,1-4H3,(H,24,26). The molecule has 0 spiro atoms. The maximum Gasteiger partial charge on any atom is 0.411 e. The van der Waals surface area contributed by atoms with Crippen LogP contribution >= 0.6 is 0 Å². The van der Waals surface area contributed by atoms with E-state index < -0.39 is 6.09 Å². The zero-order valence-electron chi connectivity index (χ0n) is 16.1. The van der Waals surface area contributed by atoms with Crippen LogP contribution in [0.5, 0.6) is 0 Å². The van der Waals surface area contributed by atoms with Crippen LogP contribution in [0.3, 0.4) is 0 Å². The summed E-state index contributed by atoms with van der Waals surface area (Å²) in [5.74, 6) is 1.00. The highest BCUT2D eigenvalue weighted by Gasteiger charge is 2.07. The van der Waals surface area contributed by atoms with Crippen molar-refractivity contribution < 1.29 is 9.53 Å². The Morgan fingerprint density at radius 1 is 1.19 bits per heavy atom. The van der Waals surface area contributed by atoms with E-state index in [9.17, 15) is 4.79 Å². The van der Waals surface area contributed by atoms with Crippen LogP contribution in [0, 0.1) is 19.8 Å². The molecule has 3 rings (SSSR count). The Morgan fingerprint density at radius 2 is 1.96 bits per heavy atom. The van der Waals surface area contributed by atoms with E-state index in [0.29, 0.717) is 30.5 Å². The lowest BCUT2D eigenvalue weighted by molar-refractivity contribution is 0.147. The maximum atomic E-state index is 11.8. The van der Waals surface area contributed by atoms with Crippen molar-refractivity contribution in [2.45, 2.75) is 34.2 Å². The number of rotatable bonds is 6. The smallest absolute Gasteiger partial charge is 0.411 e. The van der Waals surface area contributed by atoms with Gasteiger partial charge < -0.3 is 10.1 Å². The number of hydrogen-bond donors (Lipinski definition) is 2. The molecule has 3 aromatic rings. The average Bonchev–Trinajstić information content (AvgIpc) is 3.02. The second-order valence-electron chi connectivity index (χ2n) is 6.99. The molecule has 0 saturated carbocycles. The third-order valence-electron chi connectivity index (χ3n) is 3.94. The molecule has 0 unspecified atom stereocenters. The van der Waals surface area contributed by atoms with E-state index in [2.05, 4.69) is 20.6 Å². The molecule has 2 aromatic heterocycles. The lowest BCUT2D eigenvalue weighted by atomic mass is 10.2. The number of benzene rings is 1. The molecule has 2 N–H and O–H groups in total. The lowest BCUT2D eigenvalue weighted by Gasteiger charge is -2.10. The molecule has 0 saturated heterocycles. The largest absolute Gasteiger partial charge is 0.449 e. The van der Waals surface area contributed by atoms with Gasteiger partial charge in [-0.05, 0) is 44.0 Å². The number of nitrogens with zero attached hydrogens (tertiary/aromatic N) is 3. The molecule has 0 atom stereocenters. The van der Waals surface area contributed by atoms with Crippen LogP contribution in [0.15, 0.2) is 36.5 Å². The minimum atomic E-state index is -0.446. The van der Waals surface area contributed by atoms with Gasteiger partial charge in [0.1, 0.15) is 0 Å². The van der Waals surface area contributed by atoms with Gasteiger partial charge in [0.2, 0.25) is 5.78 Å². The number of nitrogens with one attached hydrogen (secondary N) is 2. The van der Waals surface area contributed by atoms with Gasteiger partial charge in [-0.1, -0.05) is 19.9 Å². The van der Waals surface area contributed by atoms with E-state index in [4.69, 9.17) is 4.74 Å². The van der Waals surface area contributed by atoms with Gasteiger partial charge in [0.05, 0.1) is 18.8 Å². The molecule has 0 radical (unpaired) electrons. The molecular weight excluding hydrogens is 342 g/mol. The van der Waals surface area contributed by atoms with Crippen molar-refractivity contribution in [1.29, 1.82) is 0 Å². The topological polar surface area (TPSA) is 80.5 Å². The van der Waals surface area contributed by atoms with E-state index in [0.717, 1.165) is 22.8 Å². The number of amides is 1. The first-order valence-electron chi connectivity index (χ1n) is 9.00. The zero-order chi connectivity index (χ0) is 19.4. The summed E-state index contributed by atoms with van der Waals surface area (Å²) in [6.45, 7) is 8.94. The van der Waals surface area contributed by atoms with E-state index in [1.165, 1.54) is 0 Å². The fraction of sp³-hybridized carbons (Fsp3) is 0.350. The second kappa shape index (κ2) is 8.07. The molecule has 0 aliphatic carbocycles. The number of aromatic nitrogens is 3. The van der Waals surface area contributed by atoms with Gasteiger partial charge >= 0.3 is 6.09 Å². The van der Waals surface area contributed by atoms with Crippen molar-refractivity contribution >= 4 is 23.2 Å². The zero-order valence-corrected chi connectivity index (χ0v) is 16.1. The van der Waals surface area contributed by atoms with E-state index >= 15 is 0 Å². The van der Waals surface area contributed by atoms with Crippen molar-refractivity contribution in [3.63, 3.8) is 0 Å². The van der Waals surface area contributed by atoms with Crippen LogP contribution < -0.4 is 10.6 Å². The molecule has 0 aliphatic heterocycles. The molecule has 1 amide bonds. The highest BCUT2D eigenvalue weighted by molar-refractivity contribution is 5.85. The summed E-state index contributed by atoms with van der Waals surface area (Å²) in [5, 5.41) is 6.06. The first-order valence-corrected chi connectivity index (χ1v) is 9.00. The number of fused-ring (bicyclic) bond motifs is 1. The Morgan fingerprint density at radius 3 is 2.74 bits per heavy atom. The second-order valence-corrected chi connectivity index (χ2v) is 6.99. The predicted molar refractivity (Wildman–Crippen MR) is 106 cm³/mol. The SMILES string of the molecule is Cc1cc(C)n2cc(CNc3cccc(NC(=O)OCC(C)C)c3)nc2n1. The molecule has 0 bridgehead atoms. The first-order chi connectivity index (χ1) is 12.9. The van der Waals surface area contributed by atoms with Gasteiger partial charge in [-0.15, -0.1) is 0 Å². The summed E-state index contributed by atoms with van der Waals surface area (Å²) in [6, 6.07) is 9.52. The van der Waals surface area contributed by atoms with Gasteiger partial charge in [0.15, 0.2) is 0 Å². The number of carbonyl (C=O) groups is 1. The maximum absolute atomic E-state index is 11.8. The number of aryl methyl sites for hydroxylation is 2. The number of imidazole rings is 1. The van der Waals surface area contributed by atoms with E-state index in [1.54, 1.807) is 0 Å². The Labute approximate surface area is 158 Å². The van der Waals surface area contributed by atoms with E-state index in [-0.39, 0.29) is 0 Å². The third-order valence-corrected chi connectivity index (χ3v) is 3.94. The normalized spacial score (nSPS) is 11.0. The van der Waals surface area contributed by atoms with Crippen molar-refractivity contribution in [3.05, 3.63) is 53.6 Å². The minimum absolute atomic E-state index is 0.302. The van der Waals surface area contributed by atoms with Crippen molar-refractivity contribution in [3.8, 4) is 0 Å². The minimum Gasteiger partial charge on any atom is -0.449 e. The highest BCUT2D eigenvalue weighted by atomic mass is 16.5. The van der Waals surface area contributed by atoms with Crippen molar-refractivity contribution in [2.75, 3.05) is 17.2 Å². The van der Waals surface area contributed by atoms with Crippen molar-refractivity contribution in [2.24, 2.45) is 5.92 Å². The summed E-state index contributed by atoms with van der Waals surface area (Å²) in [4.78, 5) is 20.8. The Kier molecular flexibility index (Phi) is 5.59. The van der Waals surface area contributed by atoms with Crippen LogP contribution in [0.25, 0.3) is 5.78 Å². The summed E-state index contributed by atoms with van der Waals surface area (Å²) in [7, 11) is 0. The molecule has 1 aromatic carbocycles. The van der Waals surface area contributed by atoms with Gasteiger partial charge in [-0.2, -0.15) is 0 Å². The Bertz CT molecular complexity index is 949. The molecule has 7 heteroatoms. The third kappa shape index (κ3) is 4.97. The fourth-order valence-electron chi connectivity index (χ4n) is 2.70. The monoisotopic (exact) mass is 367 g/mol. The van der Waals surface area contributed by atoms with Crippen molar-refractivity contribution in [1.82, 2.24) is 14.4 Å². The lowest BCUT2D eigenvalue weighted by Crippen LogP contribution is -2.16. The average molecular weight is 367 g/mol. The van der Waals surface area contributed by atoms with Gasteiger partial charge in [0.25, 0.3) is 0 Å². The van der Waals surface area contributed by atoms with Crippen LogP contribution in [0.1, 0.15) is 30.9 Å². The van der Waals surface area contributed by atoms with Crippen LogP contribution in [0.4, 0.5) is 16.2 Å². The Balaban J connectivity index is 1.63. The number of anilines is 2. The quantitative estimate of drug-likeness (QED) is 0.684. The van der Waals surface area contributed by atoms with Gasteiger partial charge in [0, 0.05) is 29.0 Å². The van der Waals surface area contributed by atoms with Gasteiger partial charge in [-0.3, -0.25) is 9.72 Å². The fourth-order valence-corrected chi connectivity index (χ4v) is 2.70. The molecule has 7 nitrogen and oxygen atoms in total. The number of carbonyl (C=O) groups excluding carboxylic acids is 1. The van der Waals surface area contributed by atoms with Gasteiger partial charge in [-0.25, -0.2) is 14.8 Å². The molecule has 0 fully saturated rings. The Hall–Kier alpha value is -3.09. The van der Waals surface area contributed by atoms with Crippen LogP contribution in [-0.4, -0.2) is 27.1 Å². The summed E-state index contributed by atoms with van der Waals surface area (Å²) < 4.78 is 7.12. The molecule has 142 valence electrons. The summed E-state index contributed by atoms with van der Waals surface area (Å²) >= 11 is 0. The summed E-state index contributed by atoms with van der Waals surface area (Å²) in [6.07, 6.45) is 1.54. The molecule has 27 heavy (non-hydrogen) atoms. The number of hydrogen-bond acceptors (Lipinski definition) is 5. The number of ether oxygens (including phenoxy) is 1. The molecule has 2 heterocycles. The highest BCUT2D eigenvalue weighted by Crippen LogP contribution is 2.17. The van der Waals surface area contributed by atoms with Crippen LogP contribution in [-0.2, 0) is 11.3 Å². The first kappa shape index (κ1) is 18.7. The predicted octanol–water partition coefficient (Wildman–Crippen LogP) is 4.16. The van der Waals surface area contributed by atoms with E-state index in [1.807, 2.05) is 68.6 Å².